The number of carbonyl (C=O) groups excluding carboxylic acids is 1. The normalized spacial score (nSPS) is 23.1. The molecule has 1 aromatic carbocycles. The Balaban J connectivity index is 2.13. The molecule has 116 valence electrons. The fourth-order valence-corrected chi connectivity index (χ4v) is 4.21. The van der Waals surface area contributed by atoms with E-state index in [2.05, 4.69) is 20.8 Å². The minimum absolute atomic E-state index is 0.0276. The summed E-state index contributed by atoms with van der Waals surface area (Å²) < 4.78 is 0. The van der Waals surface area contributed by atoms with Crippen molar-refractivity contribution in [3.05, 3.63) is 32.8 Å². The van der Waals surface area contributed by atoms with Crippen LogP contribution in [0.2, 0.25) is 15.1 Å². The predicted molar refractivity (Wildman–Crippen MR) is 90.7 cm³/mol. The second kappa shape index (κ2) is 6.48. The molecule has 0 amide bonds. The second-order valence-corrected chi connectivity index (χ2v) is 8.27. The van der Waals surface area contributed by atoms with Gasteiger partial charge in [-0.3, -0.25) is 4.79 Å². The number of benzene rings is 1. The molecule has 1 aliphatic carbocycles. The van der Waals surface area contributed by atoms with Crippen LogP contribution in [-0.2, 0) is 0 Å². The van der Waals surface area contributed by atoms with Crippen molar-refractivity contribution in [3.8, 4) is 0 Å². The topological polar surface area (TPSA) is 17.1 Å². The summed E-state index contributed by atoms with van der Waals surface area (Å²) in [6.45, 7) is 6.81. The van der Waals surface area contributed by atoms with Crippen LogP contribution in [0.15, 0.2) is 12.1 Å². The van der Waals surface area contributed by atoms with Crippen LogP contribution in [0.25, 0.3) is 0 Å². The zero-order valence-electron chi connectivity index (χ0n) is 12.7. The Morgan fingerprint density at radius 1 is 1.00 bits per heavy atom. The van der Waals surface area contributed by atoms with E-state index in [9.17, 15) is 4.79 Å². The van der Waals surface area contributed by atoms with Gasteiger partial charge >= 0.3 is 0 Å². The van der Waals surface area contributed by atoms with Crippen LogP contribution in [0, 0.1) is 17.3 Å². The lowest BCUT2D eigenvalue weighted by Gasteiger charge is -2.36. The highest BCUT2D eigenvalue weighted by molar-refractivity contribution is 6.42. The van der Waals surface area contributed by atoms with Crippen molar-refractivity contribution in [2.24, 2.45) is 17.3 Å². The molecule has 0 atom stereocenters. The van der Waals surface area contributed by atoms with E-state index in [0.29, 0.717) is 32.0 Å². The molecule has 0 bridgehead atoms. The predicted octanol–water partition coefficient (Wildman–Crippen LogP) is 6.68. The van der Waals surface area contributed by atoms with E-state index >= 15 is 0 Å². The van der Waals surface area contributed by atoms with Crippen molar-refractivity contribution in [2.45, 2.75) is 46.5 Å². The summed E-state index contributed by atoms with van der Waals surface area (Å²) in [5, 5.41) is 1.17. The molecule has 0 unspecified atom stereocenters. The number of hydrogen-bond donors (Lipinski definition) is 0. The van der Waals surface area contributed by atoms with Crippen molar-refractivity contribution in [1.82, 2.24) is 0 Å². The van der Waals surface area contributed by atoms with Crippen LogP contribution >= 0.6 is 34.8 Å². The molecule has 21 heavy (non-hydrogen) atoms. The number of carbonyl (C=O) groups is 1. The minimum atomic E-state index is 0.0276. The van der Waals surface area contributed by atoms with E-state index in [1.165, 1.54) is 0 Å². The largest absolute Gasteiger partial charge is 0.294 e. The number of rotatable bonds is 2. The number of Topliss-reactive ketones (excluding diaryl/α,β-unsaturated/α-hetero) is 1. The summed E-state index contributed by atoms with van der Waals surface area (Å²) in [6, 6.07) is 3.17. The van der Waals surface area contributed by atoms with Crippen LogP contribution in [0.1, 0.15) is 56.8 Å². The zero-order chi connectivity index (χ0) is 15.8. The highest BCUT2D eigenvalue weighted by Gasteiger charge is 2.33. The van der Waals surface area contributed by atoms with Crippen LogP contribution in [0.3, 0.4) is 0 Å². The molecule has 1 aliphatic rings. The molecule has 0 spiro atoms. The van der Waals surface area contributed by atoms with Crippen LogP contribution in [0.5, 0.6) is 0 Å². The van der Waals surface area contributed by atoms with Crippen LogP contribution in [0.4, 0.5) is 0 Å². The SMILES string of the molecule is CC(C)(C)C1CCC(C(=O)c2c(Cl)cc(Cl)cc2Cl)CC1. The number of halogens is 3. The summed E-state index contributed by atoms with van der Waals surface area (Å²) in [7, 11) is 0. The van der Waals surface area contributed by atoms with E-state index in [1.807, 2.05) is 0 Å². The first kappa shape index (κ1) is 17.1. The van der Waals surface area contributed by atoms with Gasteiger partial charge in [-0.15, -0.1) is 0 Å². The third-order valence-corrected chi connectivity index (χ3v) is 5.39. The van der Waals surface area contributed by atoms with E-state index in [4.69, 9.17) is 34.8 Å². The van der Waals surface area contributed by atoms with E-state index in [0.717, 1.165) is 25.7 Å². The molecule has 1 saturated carbocycles. The Morgan fingerprint density at radius 2 is 1.48 bits per heavy atom. The lowest BCUT2D eigenvalue weighted by molar-refractivity contribution is 0.0820. The molecule has 4 heteroatoms. The van der Waals surface area contributed by atoms with Gasteiger partial charge in [0.2, 0.25) is 0 Å². The van der Waals surface area contributed by atoms with Crippen molar-refractivity contribution >= 4 is 40.6 Å². The van der Waals surface area contributed by atoms with Crippen LogP contribution in [-0.4, -0.2) is 5.78 Å². The summed E-state index contributed by atoms with van der Waals surface area (Å²) in [4.78, 5) is 12.7. The summed E-state index contributed by atoms with van der Waals surface area (Å²) in [5.74, 6) is 0.770. The lowest BCUT2D eigenvalue weighted by Crippen LogP contribution is -2.29. The minimum Gasteiger partial charge on any atom is -0.294 e. The molecule has 1 fully saturated rings. The lowest BCUT2D eigenvalue weighted by atomic mass is 9.69. The molecule has 0 aromatic heterocycles. The molecular weight excluding hydrogens is 327 g/mol. The molecule has 0 N–H and O–H groups in total. The first-order valence-corrected chi connectivity index (χ1v) is 8.52. The Labute approximate surface area is 142 Å². The molecule has 1 nitrogen and oxygen atoms in total. The monoisotopic (exact) mass is 346 g/mol. The summed E-state index contributed by atoms with van der Waals surface area (Å²) >= 11 is 18.2. The van der Waals surface area contributed by atoms with Gasteiger partial charge in [0.25, 0.3) is 0 Å². The highest BCUT2D eigenvalue weighted by atomic mass is 35.5. The van der Waals surface area contributed by atoms with Gasteiger partial charge in [-0.05, 0) is 49.1 Å². The first-order valence-electron chi connectivity index (χ1n) is 7.39. The van der Waals surface area contributed by atoms with Crippen molar-refractivity contribution in [2.75, 3.05) is 0 Å². The van der Waals surface area contributed by atoms with Gasteiger partial charge in [0.05, 0.1) is 15.6 Å². The highest BCUT2D eigenvalue weighted by Crippen LogP contribution is 2.42. The third kappa shape index (κ3) is 3.94. The van der Waals surface area contributed by atoms with Gasteiger partial charge in [0.1, 0.15) is 0 Å². The van der Waals surface area contributed by atoms with Gasteiger partial charge in [0.15, 0.2) is 5.78 Å². The van der Waals surface area contributed by atoms with Gasteiger partial charge in [-0.25, -0.2) is 0 Å². The third-order valence-electron chi connectivity index (χ3n) is 4.58. The van der Waals surface area contributed by atoms with Gasteiger partial charge < -0.3 is 0 Å². The van der Waals surface area contributed by atoms with E-state index < -0.39 is 0 Å². The second-order valence-electron chi connectivity index (χ2n) is 7.02. The zero-order valence-corrected chi connectivity index (χ0v) is 14.9. The number of hydrogen-bond acceptors (Lipinski definition) is 1. The van der Waals surface area contributed by atoms with Gasteiger partial charge in [-0.2, -0.15) is 0 Å². The molecule has 1 aromatic rings. The maximum atomic E-state index is 12.7. The Bertz CT molecular complexity index is 514. The molecule has 2 rings (SSSR count). The van der Waals surface area contributed by atoms with Crippen molar-refractivity contribution in [1.29, 1.82) is 0 Å². The molecule has 0 radical (unpaired) electrons. The van der Waals surface area contributed by atoms with Crippen molar-refractivity contribution in [3.63, 3.8) is 0 Å². The van der Waals surface area contributed by atoms with Crippen LogP contribution < -0.4 is 0 Å². The Hall–Kier alpha value is -0.240. The first-order chi connectivity index (χ1) is 9.70. The summed E-state index contributed by atoms with van der Waals surface area (Å²) in [6.07, 6.45) is 4.00. The fourth-order valence-electron chi connectivity index (χ4n) is 3.20. The van der Waals surface area contributed by atoms with Gasteiger partial charge in [-0.1, -0.05) is 55.6 Å². The number of ketones is 1. The smallest absolute Gasteiger partial charge is 0.168 e. The maximum Gasteiger partial charge on any atom is 0.168 e. The molecule has 0 heterocycles. The maximum absolute atomic E-state index is 12.7. The van der Waals surface area contributed by atoms with E-state index in [-0.39, 0.29) is 11.7 Å². The average Bonchev–Trinajstić information content (AvgIpc) is 2.36. The standard InChI is InChI=1S/C17H21Cl3O/c1-17(2,3)11-6-4-10(5-7-11)16(21)15-13(19)8-12(18)9-14(15)20/h8-11H,4-7H2,1-3H3. The Kier molecular flexibility index (Phi) is 5.28. The summed E-state index contributed by atoms with van der Waals surface area (Å²) in [5.41, 5.74) is 0.741. The Morgan fingerprint density at radius 3 is 1.90 bits per heavy atom. The van der Waals surface area contributed by atoms with E-state index in [1.54, 1.807) is 12.1 Å². The molecular formula is C17H21Cl3O. The average molecular weight is 348 g/mol. The fraction of sp³-hybridized carbons (Fsp3) is 0.588. The van der Waals surface area contributed by atoms with Gasteiger partial charge in [0, 0.05) is 10.9 Å². The molecule has 0 saturated heterocycles. The molecule has 0 aliphatic heterocycles. The van der Waals surface area contributed by atoms with Crippen molar-refractivity contribution < 1.29 is 4.79 Å². The quantitative estimate of drug-likeness (QED) is 0.545.